The third-order valence-electron chi connectivity index (χ3n) is 2.59. The summed E-state index contributed by atoms with van der Waals surface area (Å²) in [5, 5.41) is 25.2. The summed E-state index contributed by atoms with van der Waals surface area (Å²) < 4.78 is 32.4. The predicted molar refractivity (Wildman–Crippen MR) is 83.0 cm³/mol. The van der Waals surface area contributed by atoms with Gasteiger partial charge in [-0.2, -0.15) is 8.42 Å². The van der Waals surface area contributed by atoms with Gasteiger partial charge in [-0.1, -0.05) is 18.9 Å². The lowest BCUT2D eigenvalue weighted by molar-refractivity contribution is 0.0696. The first-order chi connectivity index (χ1) is 11.2. The molecule has 4 N–H and O–H groups in total. The van der Waals surface area contributed by atoms with Crippen LogP contribution in [0.1, 0.15) is 46.4 Å². The van der Waals surface area contributed by atoms with Crippen LogP contribution in [0.5, 0.6) is 0 Å². The number of benzene rings is 1. The molecule has 0 radical (unpaired) electrons. The number of carbonyl (C=O) groups excluding carboxylic acids is 1. The lowest BCUT2D eigenvalue weighted by atomic mass is 10.1. The van der Waals surface area contributed by atoms with Crippen molar-refractivity contribution in [2.45, 2.75) is 25.7 Å². The second kappa shape index (κ2) is 11.5. The minimum atomic E-state index is -4.90. The van der Waals surface area contributed by atoms with Crippen molar-refractivity contribution in [1.82, 2.24) is 0 Å². The first-order valence-corrected chi connectivity index (χ1v) is 8.34. The van der Waals surface area contributed by atoms with E-state index < -0.39 is 22.3 Å². The number of hydrogen-bond acceptors (Lipinski definition) is 7. The van der Waals surface area contributed by atoms with Crippen LogP contribution < -0.4 is 0 Å². The molecule has 0 bridgehead atoms. The standard InChI is InChI=1S/C8H6O7S.C6H14O2/c9-7(10)5-2-1-3-6(4-5)8(11)15-16(12,13)14;7-5-3-1-2-4-6-8/h1-4H,(H,9,10)(H,12,13,14);7-8H,1-6H2. The Morgan fingerprint density at radius 3 is 1.88 bits per heavy atom. The highest BCUT2D eigenvalue weighted by molar-refractivity contribution is 7.81. The van der Waals surface area contributed by atoms with Crippen molar-refractivity contribution in [3.05, 3.63) is 35.4 Å². The fourth-order valence-electron chi connectivity index (χ4n) is 1.50. The van der Waals surface area contributed by atoms with Gasteiger partial charge in [0.2, 0.25) is 0 Å². The lowest BCUT2D eigenvalue weighted by Crippen LogP contribution is -2.12. The van der Waals surface area contributed by atoms with E-state index in [1.807, 2.05) is 0 Å². The predicted octanol–water partition coefficient (Wildman–Crippen LogP) is 0.876. The van der Waals surface area contributed by atoms with Gasteiger partial charge >= 0.3 is 22.3 Å². The van der Waals surface area contributed by atoms with E-state index in [2.05, 4.69) is 4.18 Å². The number of aliphatic hydroxyl groups is 2. The molecule has 1 aromatic rings. The summed E-state index contributed by atoms with van der Waals surface area (Å²) in [6.07, 6.45) is 3.83. The van der Waals surface area contributed by atoms with E-state index in [0.29, 0.717) is 0 Å². The first kappa shape index (κ1) is 22.0. The zero-order valence-electron chi connectivity index (χ0n) is 12.8. The quantitative estimate of drug-likeness (QED) is 0.388. The monoisotopic (exact) mass is 364 g/mol. The number of carboxylic acids is 1. The van der Waals surface area contributed by atoms with Crippen molar-refractivity contribution < 1.29 is 42.1 Å². The third kappa shape index (κ3) is 10.7. The average Bonchev–Trinajstić information content (AvgIpc) is 2.51. The molecule has 136 valence electrons. The summed E-state index contributed by atoms with van der Waals surface area (Å²) >= 11 is 0. The second-order valence-electron chi connectivity index (χ2n) is 4.55. The number of aromatic carboxylic acids is 1. The SMILES string of the molecule is O=C(O)c1cccc(C(=O)OS(=O)(=O)O)c1.OCCCCCCO. The van der Waals surface area contributed by atoms with Crippen LogP contribution in [0.15, 0.2) is 24.3 Å². The molecule has 0 atom stereocenters. The largest absolute Gasteiger partial charge is 0.478 e. The molecule has 0 saturated heterocycles. The molecule has 9 nitrogen and oxygen atoms in total. The highest BCUT2D eigenvalue weighted by atomic mass is 32.3. The van der Waals surface area contributed by atoms with E-state index in [0.717, 1.165) is 37.8 Å². The Hall–Kier alpha value is -2.01. The molecular weight excluding hydrogens is 344 g/mol. The molecule has 0 spiro atoms. The summed E-state index contributed by atoms with van der Waals surface area (Å²) in [4.78, 5) is 21.6. The van der Waals surface area contributed by atoms with Crippen molar-refractivity contribution in [3.63, 3.8) is 0 Å². The van der Waals surface area contributed by atoms with E-state index in [9.17, 15) is 18.0 Å². The Kier molecular flexibility index (Phi) is 10.5. The normalized spacial score (nSPS) is 10.5. The minimum absolute atomic E-state index is 0.204. The second-order valence-corrected chi connectivity index (χ2v) is 5.57. The Morgan fingerprint density at radius 2 is 1.46 bits per heavy atom. The molecule has 0 amide bonds. The molecule has 0 aliphatic heterocycles. The highest BCUT2D eigenvalue weighted by Crippen LogP contribution is 2.08. The Bertz CT molecular complexity index is 619. The zero-order valence-corrected chi connectivity index (χ0v) is 13.6. The molecule has 10 heteroatoms. The lowest BCUT2D eigenvalue weighted by Gasteiger charge is -2.01. The maximum atomic E-state index is 11.1. The van der Waals surface area contributed by atoms with Crippen molar-refractivity contribution in [1.29, 1.82) is 0 Å². The van der Waals surface area contributed by atoms with Gasteiger partial charge in [-0.15, -0.1) is 0 Å². The molecule has 1 aromatic carbocycles. The summed E-state index contributed by atoms with van der Waals surface area (Å²) in [6.45, 7) is 0.566. The van der Waals surface area contributed by atoms with E-state index >= 15 is 0 Å². The van der Waals surface area contributed by atoms with E-state index in [4.69, 9.17) is 19.9 Å². The fourth-order valence-corrected chi connectivity index (χ4v) is 1.79. The van der Waals surface area contributed by atoms with Gasteiger partial charge in [-0.3, -0.25) is 4.55 Å². The van der Waals surface area contributed by atoms with Crippen LogP contribution >= 0.6 is 0 Å². The van der Waals surface area contributed by atoms with Gasteiger partial charge in [-0.05, 0) is 31.0 Å². The number of carbonyl (C=O) groups is 2. The Balaban J connectivity index is 0.000000561. The van der Waals surface area contributed by atoms with Gasteiger partial charge in [0.15, 0.2) is 0 Å². The zero-order chi connectivity index (χ0) is 18.6. The maximum absolute atomic E-state index is 11.1. The molecule has 0 saturated carbocycles. The Labute approximate surface area is 139 Å². The van der Waals surface area contributed by atoms with Crippen molar-refractivity contribution >= 4 is 22.3 Å². The van der Waals surface area contributed by atoms with Crippen LogP contribution in [0.2, 0.25) is 0 Å². The highest BCUT2D eigenvalue weighted by Gasteiger charge is 2.16. The maximum Gasteiger partial charge on any atom is 0.449 e. The Morgan fingerprint density at radius 1 is 0.958 bits per heavy atom. The van der Waals surface area contributed by atoms with Crippen LogP contribution in [-0.2, 0) is 14.6 Å². The van der Waals surface area contributed by atoms with Gasteiger partial charge in [0.05, 0.1) is 11.1 Å². The fraction of sp³-hybridized carbons (Fsp3) is 0.429. The molecule has 0 heterocycles. The number of rotatable bonds is 8. The van der Waals surface area contributed by atoms with Gasteiger partial charge < -0.3 is 19.5 Å². The van der Waals surface area contributed by atoms with E-state index in [1.54, 1.807) is 0 Å². The van der Waals surface area contributed by atoms with Crippen molar-refractivity contribution in [2.24, 2.45) is 0 Å². The molecule has 0 fully saturated rings. The molecule has 0 aromatic heterocycles. The molecular formula is C14H20O9S. The van der Waals surface area contributed by atoms with Gasteiger partial charge in [0, 0.05) is 13.2 Å². The number of hydrogen-bond donors (Lipinski definition) is 4. The summed E-state index contributed by atoms with van der Waals surface area (Å²) in [7, 11) is -4.90. The first-order valence-electron chi connectivity index (χ1n) is 6.97. The molecule has 1 rings (SSSR count). The smallest absolute Gasteiger partial charge is 0.449 e. The van der Waals surface area contributed by atoms with Gasteiger partial charge in [0.1, 0.15) is 0 Å². The summed E-state index contributed by atoms with van der Waals surface area (Å²) in [5.74, 6) is -2.63. The van der Waals surface area contributed by atoms with Gasteiger partial charge in [0.25, 0.3) is 0 Å². The van der Waals surface area contributed by atoms with Crippen LogP contribution in [-0.4, -0.2) is 53.4 Å². The van der Waals surface area contributed by atoms with E-state index in [-0.39, 0.29) is 24.3 Å². The van der Waals surface area contributed by atoms with Gasteiger partial charge in [-0.25, -0.2) is 9.59 Å². The minimum Gasteiger partial charge on any atom is -0.478 e. The van der Waals surface area contributed by atoms with Crippen LogP contribution in [0, 0.1) is 0 Å². The van der Waals surface area contributed by atoms with Crippen molar-refractivity contribution in [2.75, 3.05) is 13.2 Å². The summed E-state index contributed by atoms with van der Waals surface area (Å²) in [5.41, 5.74) is -0.498. The van der Waals surface area contributed by atoms with Crippen LogP contribution in [0.25, 0.3) is 0 Å². The molecule has 0 unspecified atom stereocenters. The third-order valence-corrected chi connectivity index (χ3v) is 2.95. The van der Waals surface area contributed by atoms with Crippen molar-refractivity contribution in [3.8, 4) is 0 Å². The van der Waals surface area contributed by atoms with Crippen LogP contribution in [0.3, 0.4) is 0 Å². The topological polar surface area (TPSA) is 158 Å². The average molecular weight is 364 g/mol. The van der Waals surface area contributed by atoms with E-state index in [1.165, 1.54) is 12.1 Å². The number of unbranched alkanes of at least 4 members (excludes halogenated alkanes) is 3. The molecule has 0 aliphatic rings. The summed E-state index contributed by atoms with van der Waals surface area (Å²) in [6, 6.07) is 4.53. The van der Waals surface area contributed by atoms with Crippen LogP contribution in [0.4, 0.5) is 0 Å². The molecule has 24 heavy (non-hydrogen) atoms. The number of carboxylic acid groups (broad SMARTS) is 1. The number of aliphatic hydroxyl groups excluding tert-OH is 2. The molecule has 0 aliphatic carbocycles.